The number of nitrogens with two attached hydrogens (primary N) is 1. The molecule has 4 rings (SSSR count). The smallest absolute Gasteiger partial charge is 0.375 e. The molecule has 3 N–H and O–H groups in total. The zero-order valence-electron chi connectivity index (χ0n) is 16.5. The molecule has 0 aliphatic carbocycles. The highest BCUT2D eigenvalue weighted by Crippen LogP contribution is 2.33. The standard InChI is InChI=1S/C20H19N5O5S/c1-2-29-20(26)18-23-16-9-13(6-7-17(16)31(27,28)25-18)12-4-3-5-14(8-12)15(10-21)19-24-22-11-30-19/h3-9,11,15H,2,10,21H2,1H3,(H,23,25). The summed E-state index contributed by atoms with van der Waals surface area (Å²) in [6.45, 7) is 1.99. The van der Waals surface area contributed by atoms with E-state index in [0.29, 0.717) is 5.89 Å². The number of anilines is 1. The number of hydrogen-bond acceptors (Lipinski definition) is 9. The van der Waals surface area contributed by atoms with Crippen molar-refractivity contribution in [1.29, 1.82) is 0 Å². The minimum absolute atomic E-state index is 0.0221. The third-order valence-electron chi connectivity index (χ3n) is 4.72. The molecule has 2 aromatic carbocycles. The molecule has 0 spiro atoms. The Hall–Kier alpha value is -3.57. The van der Waals surface area contributed by atoms with Crippen LogP contribution in [-0.2, 0) is 19.6 Å². The van der Waals surface area contributed by atoms with Gasteiger partial charge in [0, 0.05) is 6.54 Å². The molecule has 0 fully saturated rings. The number of ether oxygens (including phenoxy) is 1. The van der Waals surface area contributed by atoms with Gasteiger partial charge in [0.25, 0.3) is 10.0 Å². The van der Waals surface area contributed by atoms with Gasteiger partial charge in [0.15, 0.2) is 0 Å². The molecule has 3 aromatic rings. The van der Waals surface area contributed by atoms with Crippen molar-refractivity contribution in [3.8, 4) is 11.1 Å². The van der Waals surface area contributed by atoms with Crippen molar-refractivity contribution < 1.29 is 22.4 Å². The molecule has 1 aromatic heterocycles. The van der Waals surface area contributed by atoms with Gasteiger partial charge in [-0.25, -0.2) is 4.79 Å². The van der Waals surface area contributed by atoms with Crippen LogP contribution in [0.15, 0.2) is 62.6 Å². The fraction of sp³-hybridized carbons (Fsp3) is 0.200. The second kappa shape index (κ2) is 8.28. The number of rotatable bonds is 6. The van der Waals surface area contributed by atoms with E-state index in [1.165, 1.54) is 12.5 Å². The van der Waals surface area contributed by atoms with Crippen molar-refractivity contribution in [3.05, 3.63) is 60.3 Å². The summed E-state index contributed by atoms with van der Waals surface area (Å²) in [5.74, 6) is -1.08. The minimum atomic E-state index is -4.03. The lowest BCUT2D eigenvalue weighted by Gasteiger charge is -2.18. The third-order valence-corrected chi connectivity index (χ3v) is 6.06. The Morgan fingerprint density at radius 2 is 2.03 bits per heavy atom. The molecule has 2 heterocycles. The monoisotopic (exact) mass is 441 g/mol. The summed E-state index contributed by atoms with van der Waals surface area (Å²) >= 11 is 0. The first-order valence-electron chi connectivity index (χ1n) is 9.42. The van der Waals surface area contributed by atoms with Crippen LogP contribution in [-0.4, -0.2) is 43.6 Å². The van der Waals surface area contributed by atoms with Crippen LogP contribution >= 0.6 is 0 Å². The van der Waals surface area contributed by atoms with Crippen molar-refractivity contribution in [3.63, 3.8) is 0 Å². The summed E-state index contributed by atoms with van der Waals surface area (Å²) in [4.78, 5) is 12.0. The average molecular weight is 441 g/mol. The summed E-state index contributed by atoms with van der Waals surface area (Å²) in [5, 5.41) is 10.4. The van der Waals surface area contributed by atoms with Crippen molar-refractivity contribution in [2.24, 2.45) is 10.1 Å². The molecule has 1 aliphatic rings. The Labute approximate surface area is 178 Å². The molecule has 0 radical (unpaired) electrons. The van der Waals surface area contributed by atoms with Crippen LogP contribution in [0.3, 0.4) is 0 Å². The first-order valence-corrected chi connectivity index (χ1v) is 10.9. The Morgan fingerprint density at radius 3 is 2.74 bits per heavy atom. The molecular formula is C20H19N5O5S. The Kier molecular flexibility index (Phi) is 5.53. The van der Waals surface area contributed by atoms with Gasteiger partial charge in [-0.05, 0) is 35.7 Å². The number of aromatic nitrogens is 2. The van der Waals surface area contributed by atoms with Crippen molar-refractivity contribution >= 4 is 27.5 Å². The lowest BCUT2D eigenvalue weighted by atomic mass is 9.94. The number of carbonyl (C=O) groups is 1. The predicted molar refractivity (Wildman–Crippen MR) is 112 cm³/mol. The van der Waals surface area contributed by atoms with Gasteiger partial charge in [0.2, 0.25) is 18.1 Å². The predicted octanol–water partition coefficient (Wildman–Crippen LogP) is 1.90. The summed E-state index contributed by atoms with van der Waals surface area (Å²) in [6.07, 6.45) is 1.25. The SMILES string of the molecule is CCOC(=O)C1=NS(=O)(=O)c2ccc(-c3cccc(C(CN)c4nnco4)c3)cc2N1. The first-order chi connectivity index (χ1) is 14.9. The second-order valence-corrected chi connectivity index (χ2v) is 8.23. The number of benzene rings is 2. The molecule has 1 aliphatic heterocycles. The summed E-state index contributed by atoms with van der Waals surface area (Å²) in [5.41, 5.74) is 8.58. The molecule has 1 atom stereocenters. The lowest BCUT2D eigenvalue weighted by molar-refractivity contribution is -0.135. The van der Waals surface area contributed by atoms with Crippen LogP contribution in [0.5, 0.6) is 0 Å². The van der Waals surface area contributed by atoms with Crippen LogP contribution in [0.2, 0.25) is 0 Å². The van der Waals surface area contributed by atoms with E-state index in [4.69, 9.17) is 14.9 Å². The van der Waals surface area contributed by atoms with Crippen LogP contribution in [0.25, 0.3) is 11.1 Å². The fourth-order valence-corrected chi connectivity index (χ4v) is 4.37. The van der Waals surface area contributed by atoms with E-state index in [-0.39, 0.29) is 35.5 Å². The van der Waals surface area contributed by atoms with E-state index in [1.807, 2.05) is 24.3 Å². The molecule has 160 valence electrons. The number of sulfonamides is 1. The van der Waals surface area contributed by atoms with Crippen LogP contribution in [0.1, 0.15) is 24.3 Å². The second-order valence-electron chi connectivity index (χ2n) is 6.66. The first kappa shape index (κ1) is 20.7. The molecule has 0 bridgehead atoms. The van der Waals surface area contributed by atoms with Crippen molar-refractivity contribution in [1.82, 2.24) is 10.2 Å². The third kappa shape index (κ3) is 4.05. The fourth-order valence-electron chi connectivity index (χ4n) is 3.29. The number of esters is 1. The number of carbonyl (C=O) groups excluding carboxylic acids is 1. The quantitative estimate of drug-likeness (QED) is 0.547. The summed E-state index contributed by atoms with van der Waals surface area (Å²) < 4.78 is 38.6. The number of fused-ring (bicyclic) bond motifs is 1. The largest absolute Gasteiger partial charge is 0.460 e. The molecule has 0 amide bonds. The molecule has 10 nitrogen and oxygen atoms in total. The number of nitrogens with one attached hydrogen (secondary N) is 1. The van der Waals surface area contributed by atoms with Gasteiger partial charge in [-0.1, -0.05) is 30.3 Å². The zero-order chi connectivity index (χ0) is 22.0. The molecule has 1 unspecified atom stereocenters. The van der Waals surface area contributed by atoms with Gasteiger partial charge >= 0.3 is 5.97 Å². The van der Waals surface area contributed by atoms with Crippen LogP contribution in [0.4, 0.5) is 5.69 Å². The van der Waals surface area contributed by atoms with E-state index in [9.17, 15) is 13.2 Å². The van der Waals surface area contributed by atoms with Gasteiger partial charge in [-0.15, -0.1) is 14.6 Å². The molecule has 31 heavy (non-hydrogen) atoms. The number of nitrogens with zero attached hydrogens (tertiary/aromatic N) is 3. The van der Waals surface area contributed by atoms with Gasteiger partial charge in [-0.2, -0.15) is 8.42 Å². The Balaban J connectivity index is 1.71. The van der Waals surface area contributed by atoms with Gasteiger partial charge < -0.3 is 20.2 Å². The van der Waals surface area contributed by atoms with E-state index in [0.717, 1.165) is 16.7 Å². The topological polar surface area (TPSA) is 150 Å². The van der Waals surface area contributed by atoms with Crippen LogP contribution < -0.4 is 11.1 Å². The minimum Gasteiger partial charge on any atom is -0.460 e. The van der Waals surface area contributed by atoms with Gasteiger partial charge in [0.1, 0.15) is 4.90 Å². The van der Waals surface area contributed by atoms with Gasteiger partial charge in [-0.3, -0.25) is 0 Å². The van der Waals surface area contributed by atoms with E-state index in [2.05, 4.69) is 19.9 Å². The van der Waals surface area contributed by atoms with E-state index >= 15 is 0 Å². The Morgan fingerprint density at radius 1 is 1.23 bits per heavy atom. The van der Waals surface area contributed by atoms with Crippen LogP contribution in [0, 0.1) is 0 Å². The number of hydrogen-bond donors (Lipinski definition) is 2. The zero-order valence-corrected chi connectivity index (χ0v) is 17.3. The average Bonchev–Trinajstić information content (AvgIpc) is 3.28. The maximum Gasteiger partial charge on any atom is 0.375 e. The molecule has 0 saturated heterocycles. The highest BCUT2D eigenvalue weighted by atomic mass is 32.2. The van der Waals surface area contributed by atoms with Gasteiger partial charge in [0.05, 0.1) is 18.2 Å². The van der Waals surface area contributed by atoms with Crippen molar-refractivity contribution in [2.75, 3.05) is 18.5 Å². The van der Waals surface area contributed by atoms with Crippen molar-refractivity contribution in [2.45, 2.75) is 17.7 Å². The lowest BCUT2D eigenvalue weighted by Crippen LogP contribution is -2.30. The molecule has 11 heteroatoms. The summed E-state index contributed by atoms with van der Waals surface area (Å²) in [7, 11) is -4.03. The Bertz CT molecular complexity index is 1250. The maximum absolute atomic E-state index is 12.5. The highest BCUT2D eigenvalue weighted by molar-refractivity contribution is 7.90. The van der Waals surface area contributed by atoms with E-state index < -0.39 is 16.0 Å². The molecule has 0 saturated carbocycles. The maximum atomic E-state index is 12.5. The van der Waals surface area contributed by atoms with E-state index in [1.54, 1.807) is 19.1 Å². The highest BCUT2D eigenvalue weighted by Gasteiger charge is 2.29. The normalized spacial score (nSPS) is 15.4. The number of amidine groups is 1. The molecular weight excluding hydrogens is 422 g/mol. The summed E-state index contributed by atoms with van der Waals surface area (Å²) in [6, 6.07) is 12.3.